The van der Waals surface area contributed by atoms with Crippen molar-refractivity contribution < 1.29 is 14.0 Å². The van der Waals surface area contributed by atoms with E-state index in [0.717, 1.165) is 35.5 Å². The minimum Gasteiger partial charge on any atom is -0.345 e. The maximum absolute atomic E-state index is 13.6. The highest BCUT2D eigenvalue weighted by molar-refractivity contribution is 7.99. The number of anilines is 1. The molecule has 2 aromatic carbocycles. The summed E-state index contributed by atoms with van der Waals surface area (Å²) in [5.74, 6) is 0.370. The molecule has 0 spiro atoms. The van der Waals surface area contributed by atoms with Gasteiger partial charge in [-0.1, -0.05) is 0 Å². The lowest BCUT2D eigenvalue weighted by molar-refractivity contribution is 0.0935. The van der Waals surface area contributed by atoms with E-state index in [1.54, 1.807) is 42.1 Å². The van der Waals surface area contributed by atoms with Crippen LogP contribution in [-0.4, -0.2) is 23.7 Å². The van der Waals surface area contributed by atoms with E-state index in [0.29, 0.717) is 11.3 Å². The lowest BCUT2D eigenvalue weighted by Crippen LogP contribution is -2.31. The van der Waals surface area contributed by atoms with E-state index in [4.69, 9.17) is 0 Å². The molecular formula is C20H20FN3O2S. The van der Waals surface area contributed by atoms with Gasteiger partial charge < -0.3 is 16.0 Å². The van der Waals surface area contributed by atoms with Crippen molar-refractivity contribution in [3.63, 3.8) is 0 Å². The molecule has 1 saturated carbocycles. The number of thioether (sulfide) groups is 1. The Morgan fingerprint density at radius 2 is 1.78 bits per heavy atom. The van der Waals surface area contributed by atoms with Gasteiger partial charge in [-0.2, -0.15) is 0 Å². The van der Waals surface area contributed by atoms with Gasteiger partial charge in [-0.15, -0.1) is 11.8 Å². The maximum atomic E-state index is 13.6. The van der Waals surface area contributed by atoms with Gasteiger partial charge in [0.25, 0.3) is 5.91 Å². The van der Waals surface area contributed by atoms with Crippen molar-refractivity contribution in [2.75, 3.05) is 11.1 Å². The molecule has 5 nitrogen and oxygen atoms in total. The lowest BCUT2D eigenvalue weighted by Gasteiger charge is -2.26. The number of carbonyl (C=O) groups excluding carboxylic acids is 2. The van der Waals surface area contributed by atoms with E-state index in [9.17, 15) is 14.0 Å². The molecule has 1 aliphatic carbocycles. The van der Waals surface area contributed by atoms with E-state index < -0.39 is 0 Å². The summed E-state index contributed by atoms with van der Waals surface area (Å²) in [4.78, 5) is 25.3. The molecule has 3 amide bonds. The highest BCUT2D eigenvalue weighted by Gasteiger charge is 2.24. The summed E-state index contributed by atoms with van der Waals surface area (Å²) in [7, 11) is 0. The molecule has 0 aromatic heterocycles. The summed E-state index contributed by atoms with van der Waals surface area (Å²) in [6.07, 6.45) is 2.81. The Morgan fingerprint density at radius 3 is 2.52 bits per heavy atom. The number of amides is 3. The number of halogens is 1. The van der Waals surface area contributed by atoms with Crippen molar-refractivity contribution in [3.05, 3.63) is 59.4 Å². The molecule has 1 atom stereocenters. The molecule has 1 unspecified atom stereocenters. The first-order valence-corrected chi connectivity index (χ1v) is 9.98. The quantitative estimate of drug-likeness (QED) is 0.743. The zero-order valence-corrected chi connectivity index (χ0v) is 15.4. The molecule has 7 heteroatoms. The Hall–Kier alpha value is -2.54. The van der Waals surface area contributed by atoms with Crippen LogP contribution in [0.3, 0.4) is 0 Å². The minimum absolute atomic E-state index is 0.202. The van der Waals surface area contributed by atoms with Crippen molar-refractivity contribution in [3.8, 4) is 0 Å². The number of hydrogen-bond donors (Lipinski definition) is 3. The zero-order valence-electron chi connectivity index (χ0n) is 14.6. The summed E-state index contributed by atoms with van der Waals surface area (Å²) in [5, 5.41) is 8.59. The summed E-state index contributed by atoms with van der Waals surface area (Å²) in [6, 6.07) is 11.3. The molecule has 0 saturated heterocycles. The maximum Gasteiger partial charge on any atom is 0.319 e. The fourth-order valence-corrected chi connectivity index (χ4v) is 4.15. The third-order valence-electron chi connectivity index (χ3n) is 4.63. The molecule has 27 heavy (non-hydrogen) atoms. The fourth-order valence-electron chi connectivity index (χ4n) is 3.04. The van der Waals surface area contributed by atoms with Crippen molar-refractivity contribution in [2.24, 2.45) is 0 Å². The summed E-state index contributed by atoms with van der Waals surface area (Å²) in [5.41, 5.74) is 1.96. The average molecular weight is 385 g/mol. The Kier molecular flexibility index (Phi) is 5.03. The van der Waals surface area contributed by atoms with E-state index in [2.05, 4.69) is 16.0 Å². The van der Waals surface area contributed by atoms with Crippen molar-refractivity contribution >= 4 is 29.4 Å². The predicted octanol–water partition coefficient (Wildman–Crippen LogP) is 4.08. The van der Waals surface area contributed by atoms with Crippen LogP contribution in [-0.2, 0) is 0 Å². The van der Waals surface area contributed by atoms with Crippen LogP contribution in [0.15, 0.2) is 47.4 Å². The lowest BCUT2D eigenvalue weighted by atomic mass is 10.0. The van der Waals surface area contributed by atoms with Gasteiger partial charge in [0.1, 0.15) is 5.82 Å². The summed E-state index contributed by atoms with van der Waals surface area (Å²) < 4.78 is 13.6. The van der Waals surface area contributed by atoms with Gasteiger partial charge in [-0.05, 0) is 67.3 Å². The second-order valence-corrected chi connectivity index (χ2v) is 7.93. The smallest absolute Gasteiger partial charge is 0.319 e. The number of rotatable bonds is 4. The van der Waals surface area contributed by atoms with Crippen LogP contribution in [0.1, 0.15) is 41.2 Å². The molecule has 1 fully saturated rings. The second-order valence-electron chi connectivity index (χ2n) is 6.80. The summed E-state index contributed by atoms with van der Waals surface area (Å²) in [6.45, 7) is 0. The average Bonchev–Trinajstić information content (AvgIpc) is 3.46. The number of nitrogens with one attached hydrogen (secondary N) is 3. The first-order chi connectivity index (χ1) is 13.1. The largest absolute Gasteiger partial charge is 0.345 e. The number of hydrogen-bond acceptors (Lipinski definition) is 3. The van der Waals surface area contributed by atoms with Gasteiger partial charge in [0.05, 0.1) is 6.04 Å². The van der Waals surface area contributed by atoms with E-state index in [1.165, 1.54) is 12.1 Å². The number of carbonyl (C=O) groups is 2. The monoisotopic (exact) mass is 385 g/mol. The molecular weight excluding hydrogens is 365 g/mol. The van der Waals surface area contributed by atoms with Gasteiger partial charge in [0.15, 0.2) is 0 Å². The first kappa shape index (κ1) is 17.9. The number of fused-ring (bicyclic) bond motifs is 1. The first-order valence-electron chi connectivity index (χ1n) is 8.99. The van der Waals surface area contributed by atoms with E-state index in [-0.39, 0.29) is 29.8 Å². The van der Waals surface area contributed by atoms with Crippen LogP contribution in [0.4, 0.5) is 14.9 Å². The number of benzene rings is 2. The molecule has 2 aliphatic rings. The molecule has 1 heterocycles. The Labute approximate surface area is 161 Å². The third-order valence-corrected chi connectivity index (χ3v) is 5.76. The molecule has 140 valence electrons. The van der Waals surface area contributed by atoms with E-state index in [1.807, 2.05) is 0 Å². The van der Waals surface area contributed by atoms with Crippen LogP contribution in [0.25, 0.3) is 0 Å². The highest BCUT2D eigenvalue weighted by Crippen LogP contribution is 2.36. The SMILES string of the molecule is O=C(Nc1ccc(C(=O)NC2CCSc3ccc(F)cc32)cc1)NC1CC1. The van der Waals surface area contributed by atoms with Crippen molar-refractivity contribution in [2.45, 2.75) is 36.2 Å². The van der Waals surface area contributed by atoms with Crippen LogP contribution >= 0.6 is 11.8 Å². The van der Waals surface area contributed by atoms with Gasteiger partial charge >= 0.3 is 6.03 Å². The molecule has 3 N–H and O–H groups in total. The third kappa shape index (κ3) is 4.42. The molecule has 0 radical (unpaired) electrons. The van der Waals surface area contributed by atoms with Gasteiger partial charge in [0.2, 0.25) is 0 Å². The fraction of sp³-hybridized carbons (Fsp3) is 0.300. The standard InChI is InChI=1S/C20H20FN3O2S/c21-13-3-8-18-16(11-13)17(9-10-27-18)24-19(25)12-1-4-14(5-2-12)22-20(26)23-15-6-7-15/h1-5,8,11,15,17H,6-7,9-10H2,(H,24,25)(H2,22,23,26). The van der Waals surface area contributed by atoms with Gasteiger partial charge in [0, 0.05) is 27.9 Å². The van der Waals surface area contributed by atoms with Gasteiger partial charge in [-0.25, -0.2) is 9.18 Å². The molecule has 2 aromatic rings. The second kappa shape index (κ2) is 7.60. The minimum atomic E-state index is -0.296. The predicted molar refractivity (Wildman–Crippen MR) is 104 cm³/mol. The summed E-state index contributed by atoms with van der Waals surface area (Å²) >= 11 is 1.68. The van der Waals surface area contributed by atoms with Crippen LogP contribution in [0, 0.1) is 5.82 Å². The van der Waals surface area contributed by atoms with Crippen molar-refractivity contribution in [1.29, 1.82) is 0 Å². The number of urea groups is 1. The Balaban J connectivity index is 1.40. The Morgan fingerprint density at radius 1 is 1.00 bits per heavy atom. The molecule has 1 aliphatic heterocycles. The van der Waals surface area contributed by atoms with Gasteiger partial charge in [-0.3, -0.25) is 4.79 Å². The van der Waals surface area contributed by atoms with Crippen LogP contribution in [0.2, 0.25) is 0 Å². The van der Waals surface area contributed by atoms with E-state index >= 15 is 0 Å². The zero-order chi connectivity index (χ0) is 18.8. The van der Waals surface area contributed by atoms with Crippen molar-refractivity contribution in [1.82, 2.24) is 10.6 Å². The molecule has 4 rings (SSSR count). The normalized spacial score (nSPS) is 18.3. The molecule has 0 bridgehead atoms. The highest BCUT2D eigenvalue weighted by atomic mass is 32.2. The topological polar surface area (TPSA) is 70.2 Å². The Bertz CT molecular complexity index is 868. The van der Waals surface area contributed by atoms with Crippen LogP contribution in [0.5, 0.6) is 0 Å². The van der Waals surface area contributed by atoms with Crippen LogP contribution < -0.4 is 16.0 Å².